The van der Waals surface area contributed by atoms with Crippen molar-refractivity contribution in [1.29, 1.82) is 0 Å². The smallest absolute Gasteiger partial charge is 0.350 e. The number of ether oxygens (including phenoxy) is 8. The van der Waals surface area contributed by atoms with E-state index < -0.39 is 125 Å². The highest BCUT2D eigenvalue weighted by Crippen LogP contribution is 2.64. The molecule has 6 aromatic rings. The fraction of sp³-hybridized carbons (Fsp3) is 0.406. The number of nitrogens with one attached hydrogen (secondary N) is 1. The Morgan fingerprint density at radius 2 is 1.41 bits per heavy atom. The van der Waals surface area contributed by atoms with Gasteiger partial charge in [0.1, 0.15) is 46.5 Å². The number of fused-ring (bicyclic) bond motifs is 6. The largest absolute Gasteiger partial charge is 0.497 e. The number of ketones is 1. The number of aromatic nitrogens is 1. The molecule has 1 saturated heterocycles. The first-order valence-corrected chi connectivity index (χ1v) is 33.5. The molecule has 5 aromatic carbocycles. The minimum absolute atomic E-state index is 0.0375. The van der Waals surface area contributed by atoms with Crippen molar-refractivity contribution in [3.8, 4) is 22.1 Å². The number of aliphatic hydroxyl groups is 2. The second-order valence-corrected chi connectivity index (χ2v) is 27.7. The summed E-state index contributed by atoms with van der Waals surface area (Å²) in [6.07, 6.45) is -10.2. The van der Waals surface area contributed by atoms with Crippen LogP contribution in [0.3, 0.4) is 0 Å². The van der Waals surface area contributed by atoms with Crippen LogP contribution in [0.1, 0.15) is 112 Å². The van der Waals surface area contributed by atoms with Gasteiger partial charge in [-0.15, -0.1) is 11.3 Å². The third-order valence-electron chi connectivity index (χ3n) is 18.0. The van der Waals surface area contributed by atoms with Crippen LogP contribution in [-0.4, -0.2) is 136 Å². The van der Waals surface area contributed by atoms with E-state index in [4.69, 9.17) is 42.9 Å². The third-order valence-corrected chi connectivity index (χ3v) is 21.6. The summed E-state index contributed by atoms with van der Waals surface area (Å²) in [7, 11) is 4.53. The summed E-state index contributed by atoms with van der Waals surface area (Å²) in [6, 6.07) is 35.8. The van der Waals surface area contributed by atoms with Crippen LogP contribution in [0.2, 0.25) is 0 Å². The molecule has 1 amide bonds. The zero-order valence-corrected chi connectivity index (χ0v) is 54.2. The number of aliphatic hydroxyl groups excluding tert-OH is 1. The fourth-order valence-corrected chi connectivity index (χ4v) is 16.4. The van der Waals surface area contributed by atoms with Gasteiger partial charge in [-0.25, -0.2) is 14.6 Å². The molecule has 10 rings (SSSR count). The maximum absolute atomic E-state index is 15.9. The SMILES string of the molecule is COc1ccc(OC(=O)CCCSSCCCC(=O)O[C@@H](C(=O)O[C@H]2C[C@@]3(O)[C@@H](OC(=O)c4ccccc4)[C@@H]4[C@]5(OC(C)=O)CO[C@@H]5C[C@H](O)[C@@]4(C)C(=O)[C@H](OC(C)=O)C(=C2C)C3(C)C)[C@@H](NC(=O)c2ccccc2)c2ccccc2)c(-c2nc3ccccc3s2)c1. The molecule has 4 aliphatic rings. The van der Waals surface area contributed by atoms with Gasteiger partial charge in [-0.05, 0) is 98.0 Å². The lowest BCUT2D eigenvalue weighted by molar-refractivity contribution is -0.346. The van der Waals surface area contributed by atoms with Gasteiger partial charge in [0.05, 0.1) is 52.5 Å². The quantitative estimate of drug-likeness (QED) is 0.0134. The lowest BCUT2D eigenvalue weighted by atomic mass is 9.44. The second-order valence-electron chi connectivity index (χ2n) is 24.0. The summed E-state index contributed by atoms with van der Waals surface area (Å²) in [6.45, 7) is 7.90. The van der Waals surface area contributed by atoms with Gasteiger partial charge in [0, 0.05) is 62.0 Å². The van der Waals surface area contributed by atoms with E-state index in [9.17, 15) is 39.0 Å². The number of thiazole rings is 1. The number of carbonyl (C=O) groups is 8. The van der Waals surface area contributed by atoms with Crippen LogP contribution >= 0.6 is 32.9 Å². The van der Waals surface area contributed by atoms with E-state index in [0.717, 1.165) is 24.1 Å². The number of esters is 6. The Morgan fingerprint density at radius 1 is 0.783 bits per heavy atom. The molecule has 1 aromatic heterocycles. The van der Waals surface area contributed by atoms with Crippen molar-refractivity contribution in [3.05, 3.63) is 161 Å². The zero-order valence-electron chi connectivity index (χ0n) is 51.8. The first-order chi connectivity index (χ1) is 44.0. The molecule has 484 valence electrons. The van der Waals surface area contributed by atoms with E-state index in [2.05, 4.69) is 5.32 Å². The van der Waals surface area contributed by atoms with Gasteiger partial charge >= 0.3 is 35.8 Å². The van der Waals surface area contributed by atoms with Crippen LogP contribution in [0, 0.1) is 16.7 Å². The van der Waals surface area contributed by atoms with Gasteiger partial charge in [-0.2, -0.15) is 0 Å². The molecule has 3 N–H and O–H groups in total. The van der Waals surface area contributed by atoms with E-state index in [1.165, 1.54) is 58.9 Å². The maximum Gasteiger partial charge on any atom is 0.350 e. The molecule has 92 heavy (non-hydrogen) atoms. The van der Waals surface area contributed by atoms with Crippen molar-refractivity contribution < 1.29 is 86.5 Å². The maximum atomic E-state index is 15.9. The average molecular weight is 1310 g/mol. The molecule has 0 spiro atoms. The summed E-state index contributed by atoms with van der Waals surface area (Å²) in [5, 5.41) is 30.0. The van der Waals surface area contributed by atoms with Crippen LogP contribution in [0.25, 0.3) is 20.8 Å². The van der Waals surface area contributed by atoms with Crippen LogP contribution < -0.4 is 14.8 Å². The van der Waals surface area contributed by atoms with Crippen molar-refractivity contribution in [2.24, 2.45) is 16.7 Å². The van der Waals surface area contributed by atoms with E-state index in [0.29, 0.717) is 45.6 Å². The minimum atomic E-state index is -2.49. The number of nitrogens with zero attached hydrogens (tertiary/aromatic N) is 1. The zero-order chi connectivity index (χ0) is 65.7. The number of benzene rings is 5. The molecule has 0 radical (unpaired) electrons. The summed E-state index contributed by atoms with van der Waals surface area (Å²) in [5.74, 6) is -6.34. The molecule has 1 aliphatic heterocycles. The van der Waals surface area contributed by atoms with Crippen LogP contribution in [-0.2, 0) is 57.2 Å². The number of amides is 1. The molecule has 3 aliphatic carbocycles. The highest BCUT2D eigenvalue weighted by molar-refractivity contribution is 8.76. The normalized spacial score (nSPS) is 25.2. The lowest BCUT2D eigenvalue weighted by Gasteiger charge is -2.67. The molecule has 11 atom stereocenters. The van der Waals surface area contributed by atoms with E-state index in [1.807, 2.05) is 24.3 Å². The molecular weight excluding hydrogens is 1240 g/mol. The monoisotopic (exact) mass is 1310 g/mol. The highest BCUT2D eigenvalue weighted by Gasteiger charge is 2.78. The first kappa shape index (κ1) is 67.0. The Kier molecular flexibility index (Phi) is 20.5. The van der Waals surface area contributed by atoms with Crippen LogP contribution in [0.15, 0.2) is 145 Å². The van der Waals surface area contributed by atoms with Crippen LogP contribution in [0.4, 0.5) is 0 Å². The first-order valence-electron chi connectivity index (χ1n) is 30.2. The second kappa shape index (κ2) is 28.1. The Bertz CT molecular complexity index is 3760. The Morgan fingerprint density at radius 3 is 2.03 bits per heavy atom. The molecule has 2 bridgehead atoms. The van der Waals surface area contributed by atoms with Crippen molar-refractivity contribution >= 4 is 90.6 Å². The molecule has 3 fully saturated rings. The molecular formula is C69H72N2O18S3. The van der Waals surface area contributed by atoms with Crippen molar-refractivity contribution in [3.63, 3.8) is 0 Å². The van der Waals surface area contributed by atoms with Gasteiger partial charge in [0.25, 0.3) is 5.91 Å². The van der Waals surface area contributed by atoms with Gasteiger partial charge in [0.2, 0.25) is 6.10 Å². The molecule has 20 nitrogen and oxygen atoms in total. The Balaban J connectivity index is 0.909. The number of methoxy groups -OCH3 is 1. The Labute approximate surface area is 543 Å². The summed E-state index contributed by atoms with van der Waals surface area (Å²) >= 11 is 1.48. The predicted octanol–water partition coefficient (Wildman–Crippen LogP) is 10.1. The number of rotatable bonds is 23. The third kappa shape index (κ3) is 13.5. The molecule has 2 heterocycles. The molecule has 23 heteroatoms. The number of carbonyl (C=O) groups excluding carboxylic acids is 8. The van der Waals surface area contributed by atoms with E-state index in [-0.39, 0.29) is 54.6 Å². The van der Waals surface area contributed by atoms with E-state index in [1.54, 1.807) is 118 Å². The summed E-state index contributed by atoms with van der Waals surface area (Å²) < 4.78 is 49.6. The van der Waals surface area contributed by atoms with Crippen molar-refractivity contribution in [1.82, 2.24) is 10.3 Å². The number of Topliss-reactive ketones (excluding diaryl/α,β-unsaturated/α-hetero) is 1. The Hall–Kier alpha value is -7.93. The van der Waals surface area contributed by atoms with Gasteiger partial charge in [-0.3, -0.25) is 28.8 Å². The van der Waals surface area contributed by atoms with Gasteiger partial charge < -0.3 is 53.4 Å². The standard InChI is InChI=1S/C69H72N2O18S3/c1-39-49(37-69(81)61(88-64(79)44-25-15-10-16-26-44)59-67(6,51(74)36-52-68(59,38-83-52)89-41(3)73)60(77)57(84-40(2)72)55(39)66(69,4)5)86-65(80)58(56(42-21-11-8-12-22-42)71-62(78)43-23-13-9-14-24-43)87-54(76)30-20-34-91-90-33-19-29-53(75)85-48-32-31-45(82-7)35-46(48)63-70-47-27-17-18-28-50(47)92-63/h8-18,21-28,31-32,35,49,51-52,56-59,61,74,81H,19-20,29-30,33-34,36-38H2,1-7H3,(H,71,78)/t49-,51-,52+,56-,57+,58+,59-,61-,67+,68-,69+/m0/s1. The van der Waals surface area contributed by atoms with Crippen molar-refractivity contribution in [2.45, 2.75) is 134 Å². The van der Waals surface area contributed by atoms with Gasteiger partial charge in [-0.1, -0.05) is 114 Å². The molecule has 0 unspecified atom stereocenters. The predicted molar refractivity (Wildman–Crippen MR) is 342 cm³/mol. The fourth-order valence-electron chi connectivity index (χ4n) is 13.2. The molecule has 2 saturated carbocycles. The van der Waals surface area contributed by atoms with Gasteiger partial charge in [0.15, 0.2) is 17.5 Å². The average Bonchev–Trinajstić information content (AvgIpc) is 0.714. The number of hydrogen-bond donors (Lipinski definition) is 3. The highest BCUT2D eigenvalue weighted by atomic mass is 33.1. The van der Waals surface area contributed by atoms with Crippen molar-refractivity contribution in [2.75, 3.05) is 25.2 Å². The van der Waals surface area contributed by atoms with Crippen LogP contribution in [0.5, 0.6) is 11.5 Å². The number of para-hydroxylation sites is 1. The van der Waals surface area contributed by atoms with E-state index >= 15 is 9.59 Å². The summed E-state index contributed by atoms with van der Waals surface area (Å²) in [4.78, 5) is 119. The lowest BCUT2D eigenvalue weighted by Crippen LogP contribution is -2.82. The summed E-state index contributed by atoms with van der Waals surface area (Å²) in [5.41, 5.74) is -6.08. The number of hydrogen-bond acceptors (Lipinski definition) is 22. The topological polar surface area (TPSA) is 276 Å². The minimum Gasteiger partial charge on any atom is -0.497 e.